The zero-order chi connectivity index (χ0) is 15.8. The monoisotopic (exact) mass is 308 g/mol. The molecule has 0 unspecified atom stereocenters. The summed E-state index contributed by atoms with van der Waals surface area (Å²) in [6, 6.07) is 3.59. The summed E-state index contributed by atoms with van der Waals surface area (Å²) in [7, 11) is 1.65. The summed E-state index contributed by atoms with van der Waals surface area (Å²) in [5.74, 6) is 0.905. The number of nitrogens with zero attached hydrogens (tertiary/aromatic N) is 2. The van der Waals surface area contributed by atoms with Crippen LogP contribution in [0.1, 0.15) is 13.3 Å². The number of pyridine rings is 1. The summed E-state index contributed by atoms with van der Waals surface area (Å²) in [6.45, 7) is 5.71. The van der Waals surface area contributed by atoms with Crippen LogP contribution in [0, 0.1) is 0 Å². The minimum atomic E-state index is -0.232. The molecule has 1 aromatic rings. The van der Waals surface area contributed by atoms with Gasteiger partial charge in [0.15, 0.2) is 0 Å². The van der Waals surface area contributed by atoms with Gasteiger partial charge in [-0.1, -0.05) is 0 Å². The fourth-order valence-electron chi connectivity index (χ4n) is 2.20. The van der Waals surface area contributed by atoms with Crippen molar-refractivity contribution in [1.82, 2.24) is 10.3 Å². The van der Waals surface area contributed by atoms with Crippen molar-refractivity contribution in [2.45, 2.75) is 19.4 Å². The lowest BCUT2D eigenvalue weighted by atomic mass is 10.2. The summed E-state index contributed by atoms with van der Waals surface area (Å²) in [5, 5.41) is 5.64. The number of ether oxygens (including phenoxy) is 2. The second kappa shape index (κ2) is 8.55. The van der Waals surface area contributed by atoms with Crippen LogP contribution >= 0.6 is 0 Å². The van der Waals surface area contributed by atoms with Crippen LogP contribution in [0.3, 0.4) is 0 Å². The Hall–Kier alpha value is -1.86. The quantitative estimate of drug-likeness (QED) is 0.832. The van der Waals surface area contributed by atoms with Gasteiger partial charge in [0.2, 0.25) is 0 Å². The third-order valence-electron chi connectivity index (χ3n) is 3.47. The molecule has 1 saturated heterocycles. The highest BCUT2D eigenvalue weighted by Crippen LogP contribution is 2.15. The molecule has 2 amide bonds. The molecule has 0 saturated carbocycles. The van der Waals surface area contributed by atoms with Gasteiger partial charge in [0.05, 0.1) is 25.1 Å². The lowest BCUT2D eigenvalue weighted by Crippen LogP contribution is -2.37. The number of urea groups is 1. The fraction of sp³-hybridized carbons (Fsp3) is 0.600. The van der Waals surface area contributed by atoms with E-state index in [1.165, 1.54) is 0 Å². The average molecular weight is 308 g/mol. The summed E-state index contributed by atoms with van der Waals surface area (Å²) < 4.78 is 10.3. The largest absolute Gasteiger partial charge is 0.385 e. The number of carbonyl (C=O) groups is 1. The first-order valence-corrected chi connectivity index (χ1v) is 7.54. The molecule has 2 heterocycles. The summed E-state index contributed by atoms with van der Waals surface area (Å²) in [4.78, 5) is 18.4. The maximum atomic E-state index is 11.9. The van der Waals surface area contributed by atoms with E-state index in [4.69, 9.17) is 9.47 Å². The Kier molecular flexibility index (Phi) is 6.42. The standard InChI is InChI=1S/C15H24N4O3/c1-12(5-8-21-2)17-15(20)18-13-3-4-14(16-11-13)19-6-9-22-10-7-19/h3-4,11-12H,5-10H2,1-2H3,(H2,17,18,20)/t12-/m1/s1. The van der Waals surface area contributed by atoms with Gasteiger partial charge >= 0.3 is 6.03 Å². The molecule has 1 aliphatic rings. The van der Waals surface area contributed by atoms with Gasteiger partial charge in [0.1, 0.15) is 5.82 Å². The van der Waals surface area contributed by atoms with Crippen LogP contribution in [0.5, 0.6) is 0 Å². The zero-order valence-corrected chi connectivity index (χ0v) is 13.2. The molecular weight excluding hydrogens is 284 g/mol. The Morgan fingerprint density at radius 2 is 2.23 bits per heavy atom. The van der Waals surface area contributed by atoms with Crippen LogP contribution in [0.15, 0.2) is 18.3 Å². The van der Waals surface area contributed by atoms with Crippen molar-refractivity contribution in [3.8, 4) is 0 Å². The number of hydrogen-bond acceptors (Lipinski definition) is 5. The molecule has 7 nitrogen and oxygen atoms in total. The first-order chi connectivity index (χ1) is 10.7. The zero-order valence-electron chi connectivity index (χ0n) is 13.2. The molecule has 1 aromatic heterocycles. The molecule has 1 fully saturated rings. The lowest BCUT2D eigenvalue weighted by Gasteiger charge is -2.27. The molecule has 0 bridgehead atoms. The second-order valence-corrected chi connectivity index (χ2v) is 5.29. The number of anilines is 2. The first kappa shape index (κ1) is 16.5. The third kappa shape index (κ3) is 5.16. The van der Waals surface area contributed by atoms with Crippen molar-refractivity contribution >= 4 is 17.5 Å². The maximum Gasteiger partial charge on any atom is 0.319 e. The highest BCUT2D eigenvalue weighted by Gasteiger charge is 2.12. The molecule has 1 aliphatic heterocycles. The normalized spacial score (nSPS) is 16.2. The second-order valence-electron chi connectivity index (χ2n) is 5.29. The van der Waals surface area contributed by atoms with E-state index in [1.54, 1.807) is 13.3 Å². The van der Waals surface area contributed by atoms with Crippen LogP contribution < -0.4 is 15.5 Å². The average Bonchev–Trinajstić information content (AvgIpc) is 2.54. The number of rotatable bonds is 6. The van der Waals surface area contributed by atoms with Crippen molar-refractivity contribution in [2.24, 2.45) is 0 Å². The molecule has 122 valence electrons. The lowest BCUT2D eigenvalue weighted by molar-refractivity contribution is 0.122. The van der Waals surface area contributed by atoms with Crippen LogP contribution in [0.4, 0.5) is 16.3 Å². The fourth-order valence-corrected chi connectivity index (χ4v) is 2.20. The van der Waals surface area contributed by atoms with E-state index < -0.39 is 0 Å². The molecule has 0 aliphatic carbocycles. The van der Waals surface area contributed by atoms with E-state index >= 15 is 0 Å². The number of aromatic nitrogens is 1. The minimum Gasteiger partial charge on any atom is -0.385 e. The SMILES string of the molecule is COCC[C@@H](C)NC(=O)Nc1ccc(N2CCOCC2)nc1. The van der Waals surface area contributed by atoms with Gasteiger partial charge in [-0.2, -0.15) is 0 Å². The summed E-state index contributed by atoms with van der Waals surface area (Å²) >= 11 is 0. The van der Waals surface area contributed by atoms with Crippen molar-refractivity contribution in [3.05, 3.63) is 18.3 Å². The highest BCUT2D eigenvalue weighted by molar-refractivity contribution is 5.89. The van der Waals surface area contributed by atoms with Gasteiger partial charge in [-0.25, -0.2) is 9.78 Å². The smallest absolute Gasteiger partial charge is 0.319 e. The summed E-state index contributed by atoms with van der Waals surface area (Å²) in [5.41, 5.74) is 0.674. The van der Waals surface area contributed by atoms with Gasteiger partial charge in [0, 0.05) is 32.8 Å². The molecule has 2 N–H and O–H groups in total. The van der Waals surface area contributed by atoms with Crippen LogP contribution in [0.2, 0.25) is 0 Å². The van der Waals surface area contributed by atoms with E-state index in [-0.39, 0.29) is 12.1 Å². The Morgan fingerprint density at radius 1 is 1.45 bits per heavy atom. The number of carbonyl (C=O) groups excluding carboxylic acids is 1. The Labute approximate surface area is 131 Å². The van der Waals surface area contributed by atoms with Gasteiger partial charge in [0.25, 0.3) is 0 Å². The molecule has 7 heteroatoms. The van der Waals surface area contributed by atoms with Gasteiger partial charge in [-0.3, -0.25) is 0 Å². The van der Waals surface area contributed by atoms with Gasteiger partial charge < -0.3 is 25.0 Å². The molecule has 0 aromatic carbocycles. The van der Waals surface area contributed by atoms with Crippen molar-refractivity contribution in [1.29, 1.82) is 0 Å². The van der Waals surface area contributed by atoms with E-state index in [0.29, 0.717) is 12.3 Å². The topological polar surface area (TPSA) is 75.7 Å². The predicted octanol–water partition coefficient (Wildman–Crippen LogP) is 1.46. The van der Waals surface area contributed by atoms with Crippen molar-refractivity contribution in [3.63, 3.8) is 0 Å². The highest BCUT2D eigenvalue weighted by atomic mass is 16.5. The number of morpholine rings is 1. The van der Waals surface area contributed by atoms with Crippen molar-refractivity contribution in [2.75, 3.05) is 50.2 Å². The Bertz CT molecular complexity index is 460. The first-order valence-electron chi connectivity index (χ1n) is 7.54. The predicted molar refractivity (Wildman–Crippen MR) is 85.4 cm³/mol. The minimum absolute atomic E-state index is 0.0560. The molecule has 22 heavy (non-hydrogen) atoms. The molecule has 0 spiro atoms. The van der Waals surface area contributed by atoms with E-state index in [1.807, 2.05) is 19.1 Å². The van der Waals surface area contributed by atoms with E-state index in [9.17, 15) is 4.79 Å². The van der Waals surface area contributed by atoms with Crippen molar-refractivity contribution < 1.29 is 14.3 Å². The van der Waals surface area contributed by atoms with Crippen LogP contribution in [-0.2, 0) is 9.47 Å². The van der Waals surface area contributed by atoms with Gasteiger partial charge in [-0.05, 0) is 25.5 Å². The van der Waals surface area contributed by atoms with E-state index in [0.717, 1.165) is 38.5 Å². The molecule has 1 atom stereocenters. The third-order valence-corrected chi connectivity index (χ3v) is 3.47. The maximum absolute atomic E-state index is 11.9. The Balaban J connectivity index is 1.81. The van der Waals surface area contributed by atoms with Crippen LogP contribution in [0.25, 0.3) is 0 Å². The molecule has 0 radical (unpaired) electrons. The van der Waals surface area contributed by atoms with Gasteiger partial charge in [-0.15, -0.1) is 0 Å². The summed E-state index contributed by atoms with van der Waals surface area (Å²) in [6.07, 6.45) is 2.45. The number of amides is 2. The van der Waals surface area contributed by atoms with Crippen LogP contribution in [-0.4, -0.2) is 57.1 Å². The molecular formula is C15H24N4O3. The molecule has 2 rings (SSSR count). The number of methoxy groups -OCH3 is 1. The number of hydrogen-bond donors (Lipinski definition) is 2. The van der Waals surface area contributed by atoms with E-state index in [2.05, 4.69) is 20.5 Å². The Morgan fingerprint density at radius 3 is 2.86 bits per heavy atom. The number of nitrogens with one attached hydrogen (secondary N) is 2.